The monoisotopic (exact) mass is 433 g/mol. The lowest BCUT2D eigenvalue weighted by atomic mass is 10.1. The van der Waals surface area contributed by atoms with Gasteiger partial charge in [-0.3, -0.25) is 14.2 Å². The minimum absolute atomic E-state index is 0.170. The summed E-state index contributed by atoms with van der Waals surface area (Å²) in [5.41, 5.74) is 6.46. The second-order valence-electron chi connectivity index (χ2n) is 7.65. The smallest absolute Gasteiger partial charge is 0.255 e. The highest BCUT2D eigenvalue weighted by molar-refractivity contribution is 6.31. The van der Waals surface area contributed by atoms with Crippen molar-refractivity contribution >= 4 is 23.2 Å². The summed E-state index contributed by atoms with van der Waals surface area (Å²) in [4.78, 5) is 12.6. The van der Waals surface area contributed by atoms with E-state index in [9.17, 15) is 4.79 Å². The molecule has 2 aromatic carbocycles. The van der Waals surface area contributed by atoms with Gasteiger partial charge in [0, 0.05) is 11.8 Å². The molecule has 31 heavy (non-hydrogen) atoms. The molecule has 0 bridgehead atoms. The summed E-state index contributed by atoms with van der Waals surface area (Å²) in [6.07, 6.45) is 3.50. The van der Waals surface area contributed by atoms with E-state index < -0.39 is 0 Å². The highest BCUT2D eigenvalue weighted by atomic mass is 35.5. The first-order valence-electron chi connectivity index (χ1n) is 10.1. The number of aromatic nitrogens is 4. The van der Waals surface area contributed by atoms with Gasteiger partial charge in [0.05, 0.1) is 41.4 Å². The van der Waals surface area contributed by atoms with Gasteiger partial charge in [0.15, 0.2) is 0 Å². The first kappa shape index (κ1) is 20.9. The molecule has 0 spiro atoms. The third-order valence-corrected chi connectivity index (χ3v) is 5.87. The minimum atomic E-state index is -0.170. The number of nitrogens with one attached hydrogen (secondary N) is 1. The van der Waals surface area contributed by atoms with Crippen LogP contribution in [0.2, 0.25) is 5.02 Å². The number of carbonyl (C=O) groups is 1. The molecule has 1 amide bonds. The van der Waals surface area contributed by atoms with Crippen molar-refractivity contribution in [3.05, 3.63) is 99.6 Å². The first-order valence-corrected chi connectivity index (χ1v) is 10.5. The third-order valence-electron chi connectivity index (χ3n) is 5.33. The molecule has 0 saturated carbocycles. The predicted molar refractivity (Wildman–Crippen MR) is 123 cm³/mol. The molecular formula is C24H24ClN5O. The van der Waals surface area contributed by atoms with Gasteiger partial charge < -0.3 is 5.32 Å². The van der Waals surface area contributed by atoms with Crippen molar-refractivity contribution in [3.63, 3.8) is 0 Å². The Morgan fingerprint density at radius 3 is 2.45 bits per heavy atom. The van der Waals surface area contributed by atoms with Crippen molar-refractivity contribution in [2.75, 3.05) is 5.32 Å². The van der Waals surface area contributed by atoms with Gasteiger partial charge >= 0.3 is 0 Å². The Bertz CT molecular complexity index is 1220. The Morgan fingerprint density at radius 1 is 1.03 bits per heavy atom. The molecule has 2 heterocycles. The lowest BCUT2D eigenvalue weighted by molar-refractivity contribution is 0.102. The number of amides is 1. The Hall–Kier alpha value is -3.38. The topological polar surface area (TPSA) is 64.7 Å². The van der Waals surface area contributed by atoms with Crippen molar-refractivity contribution in [1.29, 1.82) is 0 Å². The molecule has 0 radical (unpaired) electrons. The number of carbonyl (C=O) groups excluding carboxylic acids is 1. The second kappa shape index (κ2) is 8.78. The molecule has 0 aliphatic carbocycles. The Kier molecular flexibility index (Phi) is 5.91. The van der Waals surface area contributed by atoms with E-state index in [1.165, 1.54) is 11.1 Å². The number of hydrogen-bond acceptors (Lipinski definition) is 3. The van der Waals surface area contributed by atoms with Crippen LogP contribution in [0.4, 0.5) is 5.69 Å². The van der Waals surface area contributed by atoms with Crippen LogP contribution in [0, 0.1) is 20.8 Å². The van der Waals surface area contributed by atoms with Crippen LogP contribution in [0.3, 0.4) is 0 Å². The van der Waals surface area contributed by atoms with Crippen molar-refractivity contribution in [3.8, 4) is 0 Å². The van der Waals surface area contributed by atoms with E-state index in [1.54, 1.807) is 6.20 Å². The SMILES string of the molecule is Cc1ccccc1Cn1cc(NC(=O)c2ccc(Cn3nc(C)c(Cl)c3C)cc2)cn1. The molecule has 2 aromatic heterocycles. The highest BCUT2D eigenvalue weighted by Crippen LogP contribution is 2.20. The number of hydrogen-bond donors (Lipinski definition) is 1. The molecule has 0 saturated heterocycles. The Morgan fingerprint density at radius 2 is 1.77 bits per heavy atom. The average Bonchev–Trinajstić information content (AvgIpc) is 3.29. The summed E-state index contributed by atoms with van der Waals surface area (Å²) in [5, 5.41) is 12.4. The molecule has 6 nitrogen and oxygen atoms in total. The van der Waals surface area contributed by atoms with Gasteiger partial charge in [-0.05, 0) is 49.6 Å². The zero-order chi connectivity index (χ0) is 22.0. The number of anilines is 1. The number of benzene rings is 2. The normalized spacial score (nSPS) is 11.0. The van der Waals surface area contributed by atoms with Crippen LogP contribution < -0.4 is 5.32 Å². The number of rotatable bonds is 6. The molecule has 0 atom stereocenters. The average molecular weight is 434 g/mol. The van der Waals surface area contributed by atoms with Crippen LogP contribution in [0.1, 0.15) is 38.4 Å². The molecule has 0 aliphatic heterocycles. The first-order chi connectivity index (χ1) is 14.9. The summed E-state index contributed by atoms with van der Waals surface area (Å²) in [6, 6.07) is 15.7. The zero-order valence-electron chi connectivity index (χ0n) is 17.8. The molecule has 0 aliphatic rings. The number of nitrogens with zero attached hydrogens (tertiary/aromatic N) is 4. The molecule has 4 aromatic rings. The zero-order valence-corrected chi connectivity index (χ0v) is 18.5. The van der Waals surface area contributed by atoms with Crippen molar-refractivity contribution in [1.82, 2.24) is 19.6 Å². The number of halogens is 1. The van der Waals surface area contributed by atoms with Gasteiger partial charge in [0.25, 0.3) is 5.91 Å². The van der Waals surface area contributed by atoms with Crippen LogP contribution in [-0.2, 0) is 13.1 Å². The molecule has 4 rings (SSSR count). The fraction of sp³-hybridized carbons (Fsp3) is 0.208. The van der Waals surface area contributed by atoms with Crippen LogP contribution >= 0.6 is 11.6 Å². The maximum absolute atomic E-state index is 12.6. The fourth-order valence-electron chi connectivity index (χ4n) is 3.44. The molecule has 0 fully saturated rings. The van der Waals surface area contributed by atoms with Gasteiger partial charge in [-0.2, -0.15) is 10.2 Å². The van der Waals surface area contributed by atoms with E-state index in [0.29, 0.717) is 29.4 Å². The predicted octanol–water partition coefficient (Wildman–Crippen LogP) is 5.01. The summed E-state index contributed by atoms with van der Waals surface area (Å²) >= 11 is 6.22. The quantitative estimate of drug-likeness (QED) is 0.465. The third kappa shape index (κ3) is 4.70. The molecule has 1 N–H and O–H groups in total. The summed E-state index contributed by atoms with van der Waals surface area (Å²) in [7, 11) is 0. The van der Waals surface area contributed by atoms with E-state index in [2.05, 4.69) is 34.6 Å². The Balaban J connectivity index is 1.39. The minimum Gasteiger partial charge on any atom is -0.319 e. The molecular weight excluding hydrogens is 410 g/mol. The molecule has 158 valence electrons. The Labute approximate surface area is 186 Å². The van der Waals surface area contributed by atoms with Gasteiger partial charge in [-0.25, -0.2) is 0 Å². The van der Waals surface area contributed by atoms with Gasteiger partial charge in [-0.15, -0.1) is 0 Å². The lowest BCUT2D eigenvalue weighted by Gasteiger charge is -2.07. The van der Waals surface area contributed by atoms with Crippen LogP contribution in [-0.4, -0.2) is 25.5 Å². The van der Waals surface area contributed by atoms with E-state index >= 15 is 0 Å². The maximum Gasteiger partial charge on any atom is 0.255 e. The highest BCUT2D eigenvalue weighted by Gasteiger charge is 2.11. The standard InChI is InChI=1S/C24H24ClN5O/c1-16-6-4-5-7-21(16)14-29-15-22(12-26-29)27-24(31)20-10-8-19(9-11-20)13-30-18(3)23(25)17(2)28-30/h4-12,15H,13-14H2,1-3H3,(H,27,31). The number of aryl methyl sites for hydroxylation is 2. The lowest BCUT2D eigenvalue weighted by Crippen LogP contribution is -2.12. The maximum atomic E-state index is 12.6. The van der Waals surface area contributed by atoms with Crippen LogP contribution in [0.15, 0.2) is 60.9 Å². The molecule has 7 heteroatoms. The second-order valence-corrected chi connectivity index (χ2v) is 8.02. The van der Waals surface area contributed by atoms with Crippen LogP contribution in [0.25, 0.3) is 0 Å². The molecule has 0 unspecified atom stereocenters. The van der Waals surface area contributed by atoms with Gasteiger partial charge in [0.1, 0.15) is 0 Å². The largest absolute Gasteiger partial charge is 0.319 e. The van der Waals surface area contributed by atoms with Crippen molar-refractivity contribution < 1.29 is 4.79 Å². The summed E-state index contributed by atoms with van der Waals surface area (Å²) in [5.74, 6) is -0.170. The van der Waals surface area contributed by atoms with Crippen LogP contribution in [0.5, 0.6) is 0 Å². The van der Waals surface area contributed by atoms with E-state index in [1.807, 2.05) is 65.8 Å². The van der Waals surface area contributed by atoms with E-state index in [0.717, 1.165) is 17.0 Å². The summed E-state index contributed by atoms with van der Waals surface area (Å²) < 4.78 is 3.69. The van der Waals surface area contributed by atoms with E-state index in [4.69, 9.17) is 11.6 Å². The fourth-order valence-corrected chi connectivity index (χ4v) is 3.58. The van der Waals surface area contributed by atoms with Gasteiger partial charge in [-0.1, -0.05) is 48.0 Å². The van der Waals surface area contributed by atoms with Crippen molar-refractivity contribution in [2.24, 2.45) is 0 Å². The van der Waals surface area contributed by atoms with E-state index in [-0.39, 0.29) is 5.91 Å². The van der Waals surface area contributed by atoms with Crippen molar-refractivity contribution in [2.45, 2.75) is 33.9 Å². The van der Waals surface area contributed by atoms with Gasteiger partial charge in [0.2, 0.25) is 0 Å². The summed E-state index contributed by atoms with van der Waals surface area (Å²) in [6.45, 7) is 7.18.